The second-order valence-corrected chi connectivity index (χ2v) is 7.59. The Morgan fingerprint density at radius 3 is 2.37 bits per heavy atom. The fraction of sp³-hybridized carbons (Fsp3) is 0.167. The number of nitrogens with one attached hydrogen (secondary N) is 2. The summed E-state index contributed by atoms with van der Waals surface area (Å²) < 4.78 is 6.33. The van der Waals surface area contributed by atoms with E-state index in [4.69, 9.17) is 4.74 Å². The molecule has 154 valence electrons. The first-order chi connectivity index (χ1) is 14.5. The molecule has 0 radical (unpaired) electrons. The van der Waals surface area contributed by atoms with E-state index in [0.717, 1.165) is 10.0 Å². The number of para-hydroxylation sites is 1. The zero-order valence-corrected chi connectivity index (χ0v) is 18.4. The summed E-state index contributed by atoms with van der Waals surface area (Å²) >= 11 is 3.39. The average molecular weight is 467 g/mol. The zero-order valence-electron chi connectivity index (χ0n) is 16.8. The summed E-state index contributed by atoms with van der Waals surface area (Å²) in [5.41, 5.74) is 2.21. The second-order valence-electron chi connectivity index (χ2n) is 6.68. The van der Waals surface area contributed by atoms with Gasteiger partial charge in [-0.15, -0.1) is 0 Å². The summed E-state index contributed by atoms with van der Waals surface area (Å²) in [5.74, 6) is -0.129. The number of hydrogen-bond acceptors (Lipinski definition) is 3. The Labute approximate surface area is 184 Å². The lowest BCUT2D eigenvalue weighted by atomic mass is 10.1. The van der Waals surface area contributed by atoms with Crippen LogP contribution in [0, 0.1) is 0 Å². The Kier molecular flexibility index (Phi) is 7.25. The van der Waals surface area contributed by atoms with Gasteiger partial charge in [-0.1, -0.05) is 58.4 Å². The summed E-state index contributed by atoms with van der Waals surface area (Å²) in [6.07, 6.45) is 0. The molecule has 3 aromatic carbocycles. The topological polar surface area (TPSA) is 67.4 Å². The highest BCUT2D eigenvalue weighted by atomic mass is 79.9. The van der Waals surface area contributed by atoms with Crippen molar-refractivity contribution >= 4 is 33.4 Å². The lowest BCUT2D eigenvalue weighted by Gasteiger charge is -2.17. The first-order valence-electron chi connectivity index (χ1n) is 9.68. The third-order valence-electron chi connectivity index (χ3n) is 4.55. The summed E-state index contributed by atoms with van der Waals surface area (Å²) in [5, 5.41) is 5.83. The second kappa shape index (κ2) is 10.1. The molecule has 0 saturated heterocycles. The number of carbonyl (C=O) groups excluding carboxylic acids is 2. The minimum Gasteiger partial charge on any atom is -0.493 e. The lowest BCUT2D eigenvalue weighted by molar-refractivity contribution is 0.0941. The fourth-order valence-corrected chi connectivity index (χ4v) is 3.40. The predicted octanol–water partition coefficient (Wildman–Crippen LogP) is 5.59. The molecule has 5 nitrogen and oxygen atoms in total. The van der Waals surface area contributed by atoms with Crippen LogP contribution in [0.2, 0.25) is 0 Å². The van der Waals surface area contributed by atoms with Crippen LogP contribution < -0.4 is 15.4 Å². The summed E-state index contributed by atoms with van der Waals surface area (Å²) in [6.45, 7) is 4.22. The number of anilines is 1. The van der Waals surface area contributed by atoms with Crippen LogP contribution in [0.1, 0.15) is 46.2 Å². The molecule has 0 heterocycles. The van der Waals surface area contributed by atoms with Crippen molar-refractivity contribution in [3.8, 4) is 5.75 Å². The molecule has 0 bridgehead atoms. The highest BCUT2D eigenvalue weighted by molar-refractivity contribution is 9.10. The van der Waals surface area contributed by atoms with Gasteiger partial charge in [0.2, 0.25) is 0 Å². The van der Waals surface area contributed by atoms with Crippen LogP contribution in [0.25, 0.3) is 0 Å². The Hall–Kier alpha value is -3.12. The Balaban J connectivity index is 1.81. The van der Waals surface area contributed by atoms with Crippen LogP contribution in [0.5, 0.6) is 5.75 Å². The van der Waals surface area contributed by atoms with Gasteiger partial charge in [-0.05, 0) is 49.7 Å². The molecule has 0 saturated carbocycles. The van der Waals surface area contributed by atoms with Crippen molar-refractivity contribution in [3.63, 3.8) is 0 Å². The summed E-state index contributed by atoms with van der Waals surface area (Å²) in [6, 6.07) is 21.7. The van der Waals surface area contributed by atoms with Crippen molar-refractivity contribution < 1.29 is 14.3 Å². The molecule has 0 spiro atoms. The number of benzene rings is 3. The summed E-state index contributed by atoms with van der Waals surface area (Å²) in [7, 11) is 0. The fourth-order valence-electron chi connectivity index (χ4n) is 3.04. The third kappa shape index (κ3) is 5.27. The normalized spacial score (nSPS) is 11.4. The van der Waals surface area contributed by atoms with Crippen LogP contribution >= 0.6 is 15.9 Å². The molecule has 3 rings (SSSR count). The Bertz CT molecular complexity index is 1040. The highest BCUT2D eigenvalue weighted by Gasteiger charge is 2.18. The van der Waals surface area contributed by atoms with Gasteiger partial charge in [0.05, 0.1) is 29.5 Å². The Morgan fingerprint density at radius 2 is 1.63 bits per heavy atom. The quantitative estimate of drug-likeness (QED) is 0.476. The smallest absolute Gasteiger partial charge is 0.259 e. The lowest BCUT2D eigenvalue weighted by Crippen LogP contribution is -2.28. The van der Waals surface area contributed by atoms with Gasteiger partial charge in [0.25, 0.3) is 11.8 Å². The van der Waals surface area contributed by atoms with E-state index in [0.29, 0.717) is 29.2 Å². The van der Waals surface area contributed by atoms with Gasteiger partial charge in [-0.25, -0.2) is 0 Å². The van der Waals surface area contributed by atoms with Gasteiger partial charge < -0.3 is 15.4 Å². The molecule has 6 heteroatoms. The van der Waals surface area contributed by atoms with E-state index in [1.165, 1.54) is 0 Å². The first-order valence-corrected chi connectivity index (χ1v) is 10.5. The molecule has 1 atom stereocenters. The van der Waals surface area contributed by atoms with E-state index < -0.39 is 0 Å². The van der Waals surface area contributed by atoms with E-state index in [1.54, 1.807) is 36.4 Å². The summed E-state index contributed by atoms with van der Waals surface area (Å²) in [4.78, 5) is 25.8. The number of halogens is 1. The molecule has 0 aliphatic rings. The van der Waals surface area contributed by atoms with E-state index in [9.17, 15) is 9.59 Å². The maximum Gasteiger partial charge on any atom is 0.259 e. The minimum atomic E-state index is -0.351. The Morgan fingerprint density at radius 1 is 0.933 bits per heavy atom. The molecule has 0 aliphatic heterocycles. The number of carbonyl (C=O) groups is 2. The van der Waals surface area contributed by atoms with Gasteiger partial charge in [0, 0.05) is 4.47 Å². The van der Waals surface area contributed by atoms with Gasteiger partial charge >= 0.3 is 0 Å². The van der Waals surface area contributed by atoms with Crippen molar-refractivity contribution in [2.45, 2.75) is 19.9 Å². The zero-order chi connectivity index (χ0) is 21.5. The minimum absolute atomic E-state index is 0.169. The molecule has 1 unspecified atom stereocenters. The van der Waals surface area contributed by atoms with Crippen molar-refractivity contribution in [3.05, 3.63) is 94.0 Å². The van der Waals surface area contributed by atoms with E-state index in [-0.39, 0.29) is 17.9 Å². The molecule has 3 aromatic rings. The molecule has 2 N–H and O–H groups in total. The SMILES string of the molecule is CCOc1ccc(Br)cc1C(=O)Nc1ccccc1C(=O)NC(C)c1ccccc1. The molecule has 30 heavy (non-hydrogen) atoms. The molecular formula is C24H23BrN2O3. The molecular weight excluding hydrogens is 444 g/mol. The number of hydrogen-bond donors (Lipinski definition) is 2. The van der Waals surface area contributed by atoms with Gasteiger partial charge in [0.15, 0.2) is 0 Å². The predicted molar refractivity (Wildman–Crippen MR) is 122 cm³/mol. The maximum absolute atomic E-state index is 12.9. The third-order valence-corrected chi connectivity index (χ3v) is 5.05. The monoisotopic (exact) mass is 466 g/mol. The van der Waals surface area contributed by atoms with E-state index in [2.05, 4.69) is 26.6 Å². The molecule has 0 aliphatic carbocycles. The van der Waals surface area contributed by atoms with Crippen molar-refractivity contribution in [1.29, 1.82) is 0 Å². The largest absolute Gasteiger partial charge is 0.493 e. The van der Waals surface area contributed by atoms with Gasteiger partial charge in [-0.2, -0.15) is 0 Å². The number of rotatable bonds is 7. The highest BCUT2D eigenvalue weighted by Crippen LogP contribution is 2.25. The van der Waals surface area contributed by atoms with Gasteiger partial charge in [-0.3, -0.25) is 9.59 Å². The van der Waals surface area contributed by atoms with E-state index in [1.807, 2.05) is 50.2 Å². The van der Waals surface area contributed by atoms with Crippen LogP contribution in [0.15, 0.2) is 77.3 Å². The number of ether oxygens (including phenoxy) is 1. The van der Waals surface area contributed by atoms with Gasteiger partial charge in [0.1, 0.15) is 5.75 Å². The van der Waals surface area contributed by atoms with Crippen LogP contribution in [-0.4, -0.2) is 18.4 Å². The molecule has 2 amide bonds. The van der Waals surface area contributed by atoms with Crippen molar-refractivity contribution in [1.82, 2.24) is 5.32 Å². The molecule has 0 fully saturated rings. The van der Waals surface area contributed by atoms with Crippen LogP contribution in [0.4, 0.5) is 5.69 Å². The van der Waals surface area contributed by atoms with Crippen molar-refractivity contribution in [2.24, 2.45) is 0 Å². The molecule has 0 aromatic heterocycles. The number of amides is 2. The average Bonchev–Trinajstić information content (AvgIpc) is 2.76. The van der Waals surface area contributed by atoms with Crippen molar-refractivity contribution in [2.75, 3.05) is 11.9 Å². The standard InChI is InChI=1S/C24H23BrN2O3/c1-3-30-22-14-13-18(25)15-20(22)24(29)27-21-12-8-7-11-19(21)23(28)26-16(2)17-9-5-4-6-10-17/h4-16H,3H2,1-2H3,(H,26,28)(H,27,29). The first kappa shape index (κ1) is 21.6. The van der Waals surface area contributed by atoms with E-state index >= 15 is 0 Å². The van der Waals surface area contributed by atoms with Crippen LogP contribution in [0.3, 0.4) is 0 Å². The maximum atomic E-state index is 12.9. The van der Waals surface area contributed by atoms with Crippen LogP contribution in [-0.2, 0) is 0 Å².